The maximum atomic E-state index is 14.7. The van der Waals surface area contributed by atoms with Gasteiger partial charge in [-0.25, -0.2) is 8.78 Å². The van der Waals surface area contributed by atoms with Crippen LogP contribution in [0.25, 0.3) is 10.9 Å². The highest BCUT2D eigenvalue weighted by Gasteiger charge is 2.45. The number of nitrogens with zero attached hydrogens (tertiary/aromatic N) is 2. The number of hydrogen-bond acceptors (Lipinski definition) is 4. The summed E-state index contributed by atoms with van der Waals surface area (Å²) in [5.41, 5.74) is -2.90. The summed E-state index contributed by atoms with van der Waals surface area (Å²) in [6.45, 7) is 0.487. The van der Waals surface area contributed by atoms with Crippen LogP contribution in [0.15, 0.2) is 35.3 Å². The predicted molar refractivity (Wildman–Crippen MR) is 93.9 cm³/mol. The molecule has 3 aromatic rings. The Hall–Kier alpha value is -3.74. The molecule has 2 heterocycles. The molecule has 0 aliphatic rings. The summed E-state index contributed by atoms with van der Waals surface area (Å²) in [6, 6.07) is 5.75. The zero-order valence-corrected chi connectivity index (χ0v) is 14.8. The molecule has 0 aliphatic carbocycles. The van der Waals surface area contributed by atoms with Gasteiger partial charge in [-0.2, -0.15) is 14.0 Å². The highest BCUT2D eigenvalue weighted by molar-refractivity contribution is 5.89. The maximum Gasteiger partial charge on any atom is 0.355 e. The van der Waals surface area contributed by atoms with Gasteiger partial charge in [0, 0.05) is 17.1 Å². The van der Waals surface area contributed by atoms with E-state index in [1.165, 1.54) is 13.0 Å². The van der Waals surface area contributed by atoms with E-state index in [9.17, 15) is 27.2 Å². The van der Waals surface area contributed by atoms with Gasteiger partial charge in [0.15, 0.2) is 0 Å². The Kier molecular flexibility index (Phi) is 5.07. The molecule has 2 N–H and O–H groups in total. The number of nitriles is 1. The fourth-order valence-electron chi connectivity index (χ4n) is 2.85. The fraction of sp³-hybridized carbons (Fsp3) is 0.158. The van der Waals surface area contributed by atoms with Crippen molar-refractivity contribution in [2.45, 2.75) is 19.4 Å². The topological polar surface area (TPSA) is 98.6 Å². The number of pyridine rings is 2. The Morgan fingerprint density at radius 1 is 1.31 bits per heavy atom. The standard InChI is InChI=1S/C19H12F4N4O2/c1-9-12-5-11(20)2-3-14(12)27-17(28)16(9)19(22,23)18(29)26-8-15-13(21)4-10(6-24)7-25-15/h2-5,7H,8H2,1H3,(H,26,29)(H,27,28). The van der Waals surface area contributed by atoms with Gasteiger partial charge >= 0.3 is 5.92 Å². The molecule has 6 nitrogen and oxygen atoms in total. The molecule has 3 rings (SSSR count). The first-order valence-corrected chi connectivity index (χ1v) is 8.18. The number of aromatic nitrogens is 2. The SMILES string of the molecule is Cc1c(C(F)(F)C(=O)NCc2ncc(C#N)cc2F)c(=O)[nH]c2ccc(F)cc12. The summed E-state index contributed by atoms with van der Waals surface area (Å²) < 4.78 is 56.8. The number of carbonyl (C=O) groups excluding carboxylic acids is 1. The number of rotatable bonds is 4. The number of halogens is 4. The van der Waals surface area contributed by atoms with E-state index in [-0.39, 0.29) is 27.7 Å². The summed E-state index contributed by atoms with van der Waals surface area (Å²) in [6.07, 6.45) is 1.02. The first kappa shape index (κ1) is 20.0. The lowest BCUT2D eigenvalue weighted by Crippen LogP contribution is -2.42. The molecule has 10 heteroatoms. The van der Waals surface area contributed by atoms with E-state index in [4.69, 9.17) is 5.26 Å². The number of hydrogen-bond donors (Lipinski definition) is 2. The Balaban J connectivity index is 1.93. The van der Waals surface area contributed by atoms with Gasteiger partial charge in [0.05, 0.1) is 23.4 Å². The van der Waals surface area contributed by atoms with Crippen molar-refractivity contribution in [3.8, 4) is 6.07 Å². The van der Waals surface area contributed by atoms with E-state index >= 15 is 0 Å². The minimum absolute atomic E-state index is 0.0203. The smallest absolute Gasteiger partial charge is 0.345 e. The number of amides is 1. The number of fused-ring (bicyclic) bond motifs is 1. The number of aromatic amines is 1. The summed E-state index contributed by atoms with van der Waals surface area (Å²) in [5.74, 6) is -7.79. The average molecular weight is 404 g/mol. The number of benzene rings is 1. The highest BCUT2D eigenvalue weighted by Crippen LogP contribution is 2.31. The van der Waals surface area contributed by atoms with Gasteiger partial charge in [0.2, 0.25) is 0 Å². The van der Waals surface area contributed by atoms with Crippen LogP contribution < -0.4 is 10.9 Å². The minimum Gasteiger partial charge on any atom is -0.345 e. The Morgan fingerprint density at radius 3 is 2.69 bits per heavy atom. The highest BCUT2D eigenvalue weighted by atomic mass is 19.3. The second kappa shape index (κ2) is 7.35. The van der Waals surface area contributed by atoms with Crippen molar-refractivity contribution < 1.29 is 22.4 Å². The lowest BCUT2D eigenvalue weighted by Gasteiger charge is -2.18. The van der Waals surface area contributed by atoms with Crippen LogP contribution in [0.5, 0.6) is 0 Å². The van der Waals surface area contributed by atoms with Crippen molar-refractivity contribution >= 4 is 16.8 Å². The van der Waals surface area contributed by atoms with Gasteiger partial charge in [-0.15, -0.1) is 0 Å². The molecule has 0 radical (unpaired) electrons. The number of nitrogens with one attached hydrogen (secondary N) is 2. The van der Waals surface area contributed by atoms with Crippen molar-refractivity contribution in [3.63, 3.8) is 0 Å². The van der Waals surface area contributed by atoms with Crippen LogP contribution in [0.3, 0.4) is 0 Å². The van der Waals surface area contributed by atoms with Crippen LogP contribution in [0.4, 0.5) is 17.6 Å². The molecule has 0 saturated heterocycles. The van der Waals surface area contributed by atoms with E-state index in [0.717, 1.165) is 24.4 Å². The predicted octanol–water partition coefficient (Wildman–Crippen LogP) is 2.79. The average Bonchev–Trinajstić information content (AvgIpc) is 2.67. The Bertz CT molecular complexity index is 1230. The number of alkyl halides is 2. The van der Waals surface area contributed by atoms with E-state index < -0.39 is 41.1 Å². The van der Waals surface area contributed by atoms with Crippen molar-refractivity contribution in [2.24, 2.45) is 0 Å². The zero-order valence-electron chi connectivity index (χ0n) is 14.8. The molecular formula is C19H12F4N4O2. The third-order valence-corrected chi connectivity index (χ3v) is 4.30. The number of carbonyl (C=O) groups is 1. The van der Waals surface area contributed by atoms with E-state index in [2.05, 4.69) is 9.97 Å². The normalized spacial score (nSPS) is 11.3. The van der Waals surface area contributed by atoms with Crippen LogP contribution in [-0.2, 0) is 17.3 Å². The third-order valence-electron chi connectivity index (χ3n) is 4.30. The van der Waals surface area contributed by atoms with Crippen molar-refractivity contribution in [1.82, 2.24) is 15.3 Å². The van der Waals surface area contributed by atoms with Crippen molar-refractivity contribution in [3.05, 3.63) is 74.8 Å². The first-order chi connectivity index (χ1) is 13.6. The van der Waals surface area contributed by atoms with Crippen LogP contribution >= 0.6 is 0 Å². The fourth-order valence-corrected chi connectivity index (χ4v) is 2.85. The molecule has 0 fully saturated rings. The lowest BCUT2D eigenvalue weighted by molar-refractivity contribution is -0.147. The number of aryl methyl sites for hydroxylation is 1. The largest absolute Gasteiger partial charge is 0.355 e. The molecule has 0 atom stereocenters. The third kappa shape index (κ3) is 3.67. The summed E-state index contributed by atoms with van der Waals surface area (Å²) in [5, 5.41) is 10.5. The summed E-state index contributed by atoms with van der Waals surface area (Å²) in [7, 11) is 0. The molecular weight excluding hydrogens is 392 g/mol. The molecule has 2 aromatic heterocycles. The summed E-state index contributed by atoms with van der Waals surface area (Å²) in [4.78, 5) is 30.1. The van der Waals surface area contributed by atoms with Gasteiger partial charge in [-0.05, 0) is 36.8 Å². The van der Waals surface area contributed by atoms with Gasteiger partial charge in [0.25, 0.3) is 11.5 Å². The molecule has 148 valence electrons. The van der Waals surface area contributed by atoms with Crippen LogP contribution in [0.1, 0.15) is 22.4 Å². The van der Waals surface area contributed by atoms with Gasteiger partial charge < -0.3 is 10.3 Å². The molecule has 0 saturated carbocycles. The Labute approximate surface area is 160 Å². The molecule has 0 spiro atoms. The monoisotopic (exact) mass is 404 g/mol. The van der Waals surface area contributed by atoms with Crippen molar-refractivity contribution in [1.29, 1.82) is 5.26 Å². The van der Waals surface area contributed by atoms with Gasteiger partial charge in [0.1, 0.15) is 17.7 Å². The van der Waals surface area contributed by atoms with E-state index in [1.54, 1.807) is 6.07 Å². The zero-order chi connectivity index (χ0) is 21.3. The molecule has 0 unspecified atom stereocenters. The quantitative estimate of drug-likeness (QED) is 0.654. The Morgan fingerprint density at radius 2 is 2.03 bits per heavy atom. The molecule has 29 heavy (non-hydrogen) atoms. The van der Waals surface area contributed by atoms with Crippen molar-refractivity contribution in [2.75, 3.05) is 0 Å². The second-order valence-electron chi connectivity index (χ2n) is 6.17. The molecule has 1 amide bonds. The van der Waals surface area contributed by atoms with E-state index in [1.807, 2.05) is 5.32 Å². The maximum absolute atomic E-state index is 14.7. The molecule has 0 aliphatic heterocycles. The second-order valence-corrected chi connectivity index (χ2v) is 6.17. The van der Waals surface area contributed by atoms with Gasteiger partial charge in [-0.1, -0.05) is 0 Å². The molecule has 0 bridgehead atoms. The van der Waals surface area contributed by atoms with Crippen LogP contribution in [-0.4, -0.2) is 15.9 Å². The van der Waals surface area contributed by atoms with E-state index in [0.29, 0.717) is 0 Å². The van der Waals surface area contributed by atoms with Crippen LogP contribution in [0.2, 0.25) is 0 Å². The number of H-pyrrole nitrogens is 1. The first-order valence-electron chi connectivity index (χ1n) is 8.18. The van der Waals surface area contributed by atoms with Gasteiger partial charge in [-0.3, -0.25) is 14.6 Å². The lowest BCUT2D eigenvalue weighted by atomic mass is 9.99. The van der Waals surface area contributed by atoms with Crippen LogP contribution in [0, 0.1) is 29.9 Å². The summed E-state index contributed by atoms with van der Waals surface area (Å²) >= 11 is 0. The minimum atomic E-state index is -4.28. The molecule has 1 aromatic carbocycles.